The van der Waals surface area contributed by atoms with Crippen molar-refractivity contribution in [1.82, 2.24) is 0 Å². The molecule has 1 aromatic carbocycles. The van der Waals surface area contributed by atoms with Crippen molar-refractivity contribution in [2.24, 2.45) is 5.73 Å². The van der Waals surface area contributed by atoms with Crippen molar-refractivity contribution < 1.29 is 13.2 Å². The van der Waals surface area contributed by atoms with Crippen molar-refractivity contribution in [2.45, 2.75) is 19.1 Å². The third kappa shape index (κ3) is 3.66. The van der Waals surface area contributed by atoms with Crippen LogP contribution in [0.2, 0.25) is 0 Å². The van der Waals surface area contributed by atoms with Crippen molar-refractivity contribution in [3.8, 4) is 0 Å². The number of hydrogen-bond acceptors (Lipinski definition) is 1. The predicted molar refractivity (Wildman–Crippen MR) is 59.0 cm³/mol. The van der Waals surface area contributed by atoms with Crippen LogP contribution in [0.5, 0.6) is 0 Å². The van der Waals surface area contributed by atoms with E-state index in [1.54, 1.807) is 6.92 Å². The van der Waals surface area contributed by atoms with E-state index in [4.69, 9.17) is 5.73 Å². The third-order valence-electron chi connectivity index (χ3n) is 1.82. The van der Waals surface area contributed by atoms with Crippen LogP contribution in [0.4, 0.5) is 13.2 Å². The molecule has 0 aliphatic heterocycles. The molecule has 1 atom stereocenters. The Balaban J connectivity index is 0.00000196. The maximum atomic E-state index is 12.2. The fraction of sp³-hybridized carbons (Fsp3) is 0.333. The van der Waals surface area contributed by atoms with Crippen molar-refractivity contribution in [1.29, 1.82) is 0 Å². The molecule has 0 aliphatic carbocycles. The molecular formula is C9H10BrClF3N. The summed E-state index contributed by atoms with van der Waals surface area (Å²) in [5.41, 5.74) is 5.55. The SMILES string of the molecule is C[C@H](N)c1ccc(C(F)(F)F)cc1Br.Cl. The second kappa shape index (κ2) is 5.18. The van der Waals surface area contributed by atoms with Gasteiger partial charge in [0.05, 0.1) is 5.56 Å². The first-order valence-corrected chi connectivity index (χ1v) is 4.74. The van der Waals surface area contributed by atoms with Gasteiger partial charge in [-0.2, -0.15) is 13.2 Å². The highest BCUT2D eigenvalue weighted by Gasteiger charge is 2.30. The zero-order chi connectivity index (χ0) is 10.9. The zero-order valence-electron chi connectivity index (χ0n) is 7.81. The number of alkyl halides is 3. The van der Waals surface area contributed by atoms with Crippen LogP contribution in [0.15, 0.2) is 22.7 Å². The van der Waals surface area contributed by atoms with Crippen molar-refractivity contribution >= 4 is 28.3 Å². The molecular weight excluding hydrogens is 294 g/mol. The minimum atomic E-state index is -4.31. The summed E-state index contributed by atoms with van der Waals surface area (Å²) in [7, 11) is 0. The minimum absolute atomic E-state index is 0. The second-order valence-corrected chi connectivity index (χ2v) is 3.88. The lowest BCUT2D eigenvalue weighted by Gasteiger charge is -2.12. The maximum absolute atomic E-state index is 12.2. The Morgan fingerprint density at radius 2 is 1.87 bits per heavy atom. The summed E-state index contributed by atoms with van der Waals surface area (Å²) in [5.74, 6) is 0. The second-order valence-electron chi connectivity index (χ2n) is 3.02. The first-order valence-electron chi connectivity index (χ1n) is 3.94. The molecule has 1 aromatic rings. The van der Waals surface area contributed by atoms with Gasteiger partial charge in [-0.25, -0.2) is 0 Å². The molecule has 0 unspecified atom stereocenters. The van der Waals surface area contributed by atoms with Gasteiger partial charge in [-0.1, -0.05) is 22.0 Å². The summed E-state index contributed by atoms with van der Waals surface area (Å²) in [5, 5.41) is 0. The molecule has 0 amide bonds. The fourth-order valence-corrected chi connectivity index (χ4v) is 1.81. The lowest BCUT2D eigenvalue weighted by atomic mass is 10.1. The van der Waals surface area contributed by atoms with Crippen LogP contribution in [-0.4, -0.2) is 0 Å². The topological polar surface area (TPSA) is 26.0 Å². The maximum Gasteiger partial charge on any atom is 0.416 e. The summed E-state index contributed by atoms with van der Waals surface area (Å²) >= 11 is 3.06. The first-order chi connectivity index (χ1) is 6.32. The average molecular weight is 305 g/mol. The molecule has 0 aromatic heterocycles. The van der Waals surface area contributed by atoms with Gasteiger partial charge in [-0.15, -0.1) is 12.4 Å². The first kappa shape index (κ1) is 14.7. The van der Waals surface area contributed by atoms with Crippen LogP contribution < -0.4 is 5.73 Å². The summed E-state index contributed by atoms with van der Waals surface area (Å²) in [6, 6.07) is 3.17. The van der Waals surface area contributed by atoms with Crippen LogP contribution in [0.1, 0.15) is 24.1 Å². The van der Waals surface area contributed by atoms with Crippen molar-refractivity contribution in [3.63, 3.8) is 0 Å². The number of rotatable bonds is 1. The Hall–Kier alpha value is -0.260. The van der Waals surface area contributed by atoms with Gasteiger partial charge in [0.2, 0.25) is 0 Å². The Labute approximate surface area is 100 Å². The van der Waals surface area contributed by atoms with E-state index in [1.807, 2.05) is 0 Å². The molecule has 0 spiro atoms. The molecule has 86 valence electrons. The zero-order valence-corrected chi connectivity index (χ0v) is 10.2. The van der Waals surface area contributed by atoms with E-state index in [-0.39, 0.29) is 18.4 Å². The van der Waals surface area contributed by atoms with Gasteiger partial charge in [-0.05, 0) is 24.6 Å². The number of benzene rings is 1. The van der Waals surface area contributed by atoms with Crippen LogP contribution >= 0.6 is 28.3 Å². The van der Waals surface area contributed by atoms with Crippen LogP contribution in [-0.2, 0) is 6.18 Å². The molecule has 0 radical (unpaired) electrons. The van der Waals surface area contributed by atoms with Gasteiger partial charge < -0.3 is 5.73 Å². The standard InChI is InChI=1S/C9H9BrF3N.ClH/c1-5(14)7-3-2-6(4-8(7)10)9(11,12)13;/h2-5H,14H2,1H3;1H/t5-;/m0./s1. The molecule has 0 saturated carbocycles. The minimum Gasteiger partial charge on any atom is -0.324 e. The van der Waals surface area contributed by atoms with Crippen LogP contribution in [0.25, 0.3) is 0 Å². The smallest absolute Gasteiger partial charge is 0.324 e. The lowest BCUT2D eigenvalue weighted by Crippen LogP contribution is -2.09. The summed E-state index contributed by atoms with van der Waals surface area (Å²) in [4.78, 5) is 0. The Kier molecular flexibility index (Phi) is 5.09. The fourth-order valence-electron chi connectivity index (χ4n) is 1.07. The molecule has 6 heteroatoms. The normalized spacial score (nSPS) is 13.2. The van der Waals surface area contributed by atoms with Gasteiger partial charge in [0.15, 0.2) is 0 Å². The van der Waals surface area contributed by atoms with Gasteiger partial charge in [-0.3, -0.25) is 0 Å². The largest absolute Gasteiger partial charge is 0.416 e. The van der Waals surface area contributed by atoms with E-state index in [1.165, 1.54) is 6.07 Å². The van der Waals surface area contributed by atoms with Gasteiger partial charge >= 0.3 is 6.18 Å². The molecule has 0 aliphatic rings. The number of nitrogens with two attached hydrogens (primary N) is 1. The highest BCUT2D eigenvalue weighted by atomic mass is 79.9. The van der Waals surface area contributed by atoms with Gasteiger partial charge in [0, 0.05) is 10.5 Å². The summed E-state index contributed by atoms with van der Waals surface area (Å²) in [6.07, 6.45) is -4.31. The van der Waals surface area contributed by atoms with Crippen LogP contribution in [0.3, 0.4) is 0 Å². The lowest BCUT2D eigenvalue weighted by molar-refractivity contribution is -0.137. The Bertz CT molecular complexity index is 339. The van der Waals surface area contributed by atoms with Crippen molar-refractivity contribution in [2.75, 3.05) is 0 Å². The molecule has 0 heterocycles. The monoisotopic (exact) mass is 303 g/mol. The van der Waals surface area contributed by atoms with E-state index in [0.717, 1.165) is 12.1 Å². The number of halogens is 5. The highest BCUT2D eigenvalue weighted by molar-refractivity contribution is 9.10. The van der Waals surface area contributed by atoms with E-state index >= 15 is 0 Å². The van der Waals surface area contributed by atoms with Crippen LogP contribution in [0, 0.1) is 0 Å². The van der Waals surface area contributed by atoms with Gasteiger partial charge in [0.1, 0.15) is 0 Å². The van der Waals surface area contributed by atoms with E-state index < -0.39 is 11.7 Å². The molecule has 1 nitrogen and oxygen atoms in total. The molecule has 15 heavy (non-hydrogen) atoms. The third-order valence-corrected chi connectivity index (χ3v) is 2.51. The Morgan fingerprint density at radius 3 is 2.20 bits per heavy atom. The summed E-state index contributed by atoms with van der Waals surface area (Å²) < 4.78 is 37.1. The van der Waals surface area contributed by atoms with E-state index in [2.05, 4.69) is 15.9 Å². The highest BCUT2D eigenvalue weighted by Crippen LogP contribution is 2.33. The van der Waals surface area contributed by atoms with E-state index in [0.29, 0.717) is 10.0 Å². The molecule has 0 bridgehead atoms. The Morgan fingerprint density at radius 1 is 1.33 bits per heavy atom. The summed E-state index contributed by atoms with van der Waals surface area (Å²) in [6.45, 7) is 1.72. The average Bonchev–Trinajstić information content (AvgIpc) is 2.01. The molecule has 0 fully saturated rings. The van der Waals surface area contributed by atoms with Crippen molar-refractivity contribution in [3.05, 3.63) is 33.8 Å². The predicted octanol–water partition coefficient (Wildman–Crippen LogP) is 3.91. The molecule has 0 saturated heterocycles. The quantitative estimate of drug-likeness (QED) is 0.836. The van der Waals surface area contributed by atoms with Gasteiger partial charge in [0.25, 0.3) is 0 Å². The molecule has 1 rings (SSSR count). The molecule has 2 N–H and O–H groups in total. The number of hydrogen-bond donors (Lipinski definition) is 1. The van der Waals surface area contributed by atoms with E-state index in [9.17, 15) is 13.2 Å².